The summed E-state index contributed by atoms with van der Waals surface area (Å²) in [6, 6.07) is 27.7. The molecule has 0 fully saturated rings. The molecule has 124 valence electrons. The van der Waals surface area contributed by atoms with Crippen LogP contribution in [0.3, 0.4) is 0 Å². The van der Waals surface area contributed by atoms with E-state index in [4.69, 9.17) is 4.98 Å². The van der Waals surface area contributed by atoms with Crippen molar-refractivity contribution in [1.82, 2.24) is 4.98 Å². The van der Waals surface area contributed by atoms with Gasteiger partial charge in [0.25, 0.3) is 0 Å². The Hall–Kier alpha value is -2.23. The van der Waals surface area contributed by atoms with E-state index in [1.807, 2.05) is 0 Å². The lowest BCUT2D eigenvalue weighted by Gasteiger charge is -2.11. The van der Waals surface area contributed by atoms with Crippen molar-refractivity contribution in [3.63, 3.8) is 0 Å². The molecule has 0 saturated carbocycles. The van der Waals surface area contributed by atoms with Gasteiger partial charge in [-0.1, -0.05) is 80.4 Å². The average molecular weight is 463 g/mol. The minimum absolute atomic E-state index is 0.998. The summed E-state index contributed by atoms with van der Waals surface area (Å²) in [5.74, 6) is 0. The highest BCUT2D eigenvalue weighted by atomic mass is 79.9. The van der Waals surface area contributed by atoms with E-state index in [9.17, 15) is 0 Å². The molecule has 0 amide bonds. The monoisotopic (exact) mass is 461 g/mol. The molecule has 0 saturated heterocycles. The molecule has 0 N–H and O–H groups in total. The van der Waals surface area contributed by atoms with Crippen LogP contribution in [0.4, 0.5) is 0 Å². The predicted octanol–water partition coefficient (Wildman–Crippen LogP) is 7.73. The average Bonchev–Trinajstić information content (AvgIpc) is 2.66. The zero-order valence-electron chi connectivity index (χ0n) is 13.7. The van der Waals surface area contributed by atoms with Gasteiger partial charge in [-0.3, -0.25) is 0 Å². The topological polar surface area (TPSA) is 12.9 Å². The van der Waals surface area contributed by atoms with Gasteiger partial charge in [-0.05, 0) is 46.5 Å². The Bertz CT molecular complexity index is 1310. The van der Waals surface area contributed by atoms with Crippen molar-refractivity contribution in [2.75, 3.05) is 0 Å². The van der Waals surface area contributed by atoms with Gasteiger partial charge in [0.1, 0.15) is 0 Å². The molecular formula is C23H13Br2N. The summed E-state index contributed by atoms with van der Waals surface area (Å²) in [4.78, 5) is 5.03. The van der Waals surface area contributed by atoms with Crippen LogP contribution in [0.1, 0.15) is 0 Å². The Morgan fingerprint density at radius 3 is 2.15 bits per heavy atom. The molecule has 1 nitrogen and oxygen atoms in total. The number of rotatable bonds is 1. The molecule has 0 bridgehead atoms. The van der Waals surface area contributed by atoms with Crippen LogP contribution in [0.5, 0.6) is 0 Å². The first-order valence-corrected chi connectivity index (χ1v) is 9.95. The molecule has 0 unspecified atom stereocenters. The molecule has 5 aromatic rings. The first-order chi connectivity index (χ1) is 12.7. The number of halogens is 2. The highest BCUT2D eigenvalue weighted by Gasteiger charge is 2.11. The van der Waals surface area contributed by atoms with Gasteiger partial charge in [-0.25, -0.2) is 4.98 Å². The van der Waals surface area contributed by atoms with Gasteiger partial charge in [0, 0.05) is 25.3 Å². The Kier molecular flexibility index (Phi) is 3.80. The van der Waals surface area contributed by atoms with E-state index in [-0.39, 0.29) is 0 Å². The Labute approximate surface area is 167 Å². The summed E-state index contributed by atoms with van der Waals surface area (Å²) in [5, 5.41) is 6.01. The highest BCUT2D eigenvalue weighted by molar-refractivity contribution is 9.10. The van der Waals surface area contributed by atoms with E-state index in [1.165, 1.54) is 21.5 Å². The summed E-state index contributed by atoms with van der Waals surface area (Å²) >= 11 is 7.19. The number of hydrogen-bond donors (Lipinski definition) is 0. The van der Waals surface area contributed by atoms with Crippen LogP contribution < -0.4 is 0 Å². The minimum Gasteiger partial charge on any atom is -0.247 e. The molecule has 26 heavy (non-hydrogen) atoms. The smallest absolute Gasteiger partial charge is 0.0788 e. The summed E-state index contributed by atoms with van der Waals surface area (Å²) in [6.45, 7) is 0. The number of hydrogen-bond acceptors (Lipinski definition) is 1. The van der Waals surface area contributed by atoms with Gasteiger partial charge in [0.15, 0.2) is 0 Å². The van der Waals surface area contributed by atoms with Gasteiger partial charge in [-0.15, -0.1) is 0 Å². The molecule has 3 heteroatoms. The normalized spacial score (nSPS) is 11.5. The second-order valence-corrected chi connectivity index (χ2v) is 8.21. The first kappa shape index (κ1) is 16.0. The molecule has 0 spiro atoms. The number of fused-ring (bicyclic) bond motifs is 4. The van der Waals surface area contributed by atoms with E-state index in [0.717, 1.165) is 31.1 Å². The van der Waals surface area contributed by atoms with Gasteiger partial charge in [-0.2, -0.15) is 0 Å². The van der Waals surface area contributed by atoms with Crippen LogP contribution >= 0.6 is 31.9 Å². The predicted molar refractivity (Wildman–Crippen MR) is 118 cm³/mol. The Balaban J connectivity index is 1.90. The summed E-state index contributed by atoms with van der Waals surface area (Å²) < 4.78 is 2.10. The summed E-state index contributed by atoms with van der Waals surface area (Å²) in [7, 11) is 0. The van der Waals surface area contributed by atoms with E-state index >= 15 is 0 Å². The maximum Gasteiger partial charge on any atom is 0.0788 e. The second kappa shape index (κ2) is 6.19. The standard InChI is InChI=1S/C23H13Br2N/c24-17-7-9-19-20-10-8-18(25)13-22(20)26-23(21(19)12-17)16-6-5-14-3-1-2-4-15(14)11-16/h1-13H. The zero-order valence-corrected chi connectivity index (χ0v) is 16.9. The van der Waals surface area contributed by atoms with Gasteiger partial charge < -0.3 is 0 Å². The van der Waals surface area contributed by atoms with Crippen LogP contribution in [0, 0.1) is 0 Å². The van der Waals surface area contributed by atoms with Crippen LogP contribution in [0.15, 0.2) is 87.8 Å². The van der Waals surface area contributed by atoms with E-state index in [2.05, 4.69) is 111 Å². The Morgan fingerprint density at radius 2 is 1.31 bits per heavy atom. The van der Waals surface area contributed by atoms with E-state index < -0.39 is 0 Å². The summed E-state index contributed by atoms with van der Waals surface area (Å²) in [5.41, 5.74) is 3.14. The molecule has 0 aliphatic rings. The fourth-order valence-electron chi connectivity index (χ4n) is 3.51. The quantitative estimate of drug-likeness (QED) is 0.232. The zero-order chi connectivity index (χ0) is 17.7. The molecule has 0 aliphatic heterocycles. The molecule has 0 aliphatic carbocycles. The van der Waals surface area contributed by atoms with Crippen molar-refractivity contribution >= 4 is 64.3 Å². The number of pyridine rings is 1. The lowest BCUT2D eigenvalue weighted by molar-refractivity contribution is 1.43. The van der Waals surface area contributed by atoms with Crippen molar-refractivity contribution in [2.24, 2.45) is 0 Å². The molecule has 1 aromatic heterocycles. The van der Waals surface area contributed by atoms with Crippen LogP contribution in [-0.2, 0) is 0 Å². The molecule has 0 atom stereocenters. The molecule has 5 rings (SSSR count). The Morgan fingerprint density at radius 1 is 0.577 bits per heavy atom. The molecule has 1 heterocycles. The third kappa shape index (κ3) is 2.63. The van der Waals surface area contributed by atoms with Gasteiger partial charge in [0.05, 0.1) is 11.2 Å². The lowest BCUT2D eigenvalue weighted by Crippen LogP contribution is -1.90. The van der Waals surface area contributed by atoms with E-state index in [0.29, 0.717) is 0 Å². The summed E-state index contributed by atoms with van der Waals surface area (Å²) in [6.07, 6.45) is 0. The minimum atomic E-state index is 0.998. The lowest BCUT2D eigenvalue weighted by atomic mass is 9.98. The first-order valence-electron chi connectivity index (χ1n) is 8.37. The maximum atomic E-state index is 5.03. The molecular weight excluding hydrogens is 450 g/mol. The van der Waals surface area contributed by atoms with Gasteiger partial charge in [0.2, 0.25) is 0 Å². The van der Waals surface area contributed by atoms with Crippen molar-refractivity contribution in [1.29, 1.82) is 0 Å². The maximum absolute atomic E-state index is 5.03. The molecule has 4 aromatic carbocycles. The second-order valence-electron chi connectivity index (χ2n) is 6.37. The van der Waals surface area contributed by atoms with Crippen molar-refractivity contribution in [3.8, 4) is 11.3 Å². The van der Waals surface area contributed by atoms with Crippen LogP contribution in [0.2, 0.25) is 0 Å². The number of nitrogens with zero attached hydrogens (tertiary/aromatic N) is 1. The van der Waals surface area contributed by atoms with E-state index in [1.54, 1.807) is 0 Å². The van der Waals surface area contributed by atoms with Crippen LogP contribution in [0.25, 0.3) is 43.7 Å². The fraction of sp³-hybridized carbons (Fsp3) is 0. The SMILES string of the molecule is Brc1ccc2c(c1)nc(-c1ccc3ccccc3c1)c1cc(Br)ccc12. The number of aromatic nitrogens is 1. The van der Waals surface area contributed by atoms with Crippen molar-refractivity contribution < 1.29 is 0 Å². The largest absolute Gasteiger partial charge is 0.247 e. The van der Waals surface area contributed by atoms with Gasteiger partial charge >= 0.3 is 0 Å². The number of benzene rings is 4. The van der Waals surface area contributed by atoms with Crippen molar-refractivity contribution in [3.05, 3.63) is 87.8 Å². The fourth-order valence-corrected chi connectivity index (χ4v) is 4.22. The van der Waals surface area contributed by atoms with Crippen LogP contribution in [-0.4, -0.2) is 4.98 Å². The molecule has 0 radical (unpaired) electrons. The highest BCUT2D eigenvalue weighted by Crippen LogP contribution is 2.35. The van der Waals surface area contributed by atoms with Crippen molar-refractivity contribution in [2.45, 2.75) is 0 Å². The third-order valence-corrected chi connectivity index (χ3v) is 5.73. The third-order valence-electron chi connectivity index (χ3n) is 4.74.